The highest BCUT2D eigenvalue weighted by Crippen LogP contribution is 2.39. The van der Waals surface area contributed by atoms with E-state index in [1.54, 1.807) is 43.3 Å². The molecule has 3 aromatic carbocycles. The molecule has 0 aliphatic rings. The fraction of sp³-hybridized carbons (Fsp3) is 0.0385. The maximum atomic E-state index is 12.7. The van der Waals surface area contributed by atoms with Crippen LogP contribution in [0.2, 0.25) is 10.0 Å². The molecule has 0 bridgehead atoms. The van der Waals surface area contributed by atoms with Gasteiger partial charge in [0.2, 0.25) is 0 Å². The number of hydrogen-bond acceptors (Lipinski definition) is 6. The number of aromatic hydroxyl groups is 1. The van der Waals surface area contributed by atoms with Gasteiger partial charge in [-0.25, -0.2) is 4.98 Å². The molecule has 10 heteroatoms. The van der Waals surface area contributed by atoms with Crippen molar-refractivity contribution in [2.45, 2.75) is 6.92 Å². The third kappa shape index (κ3) is 4.94. The molecule has 0 aliphatic heterocycles. The first-order chi connectivity index (χ1) is 17.3. The van der Waals surface area contributed by atoms with Crippen molar-refractivity contribution in [2.75, 3.05) is 5.32 Å². The Hall–Kier alpha value is -3.43. The molecule has 3 N–H and O–H groups in total. The molecule has 0 spiro atoms. The number of thiazole rings is 1. The molecular formula is C26H17Cl2N3O3S2. The van der Waals surface area contributed by atoms with Crippen LogP contribution in [0.1, 0.15) is 16.1 Å². The minimum absolute atomic E-state index is 0.0669. The second kappa shape index (κ2) is 9.91. The number of furan rings is 1. The van der Waals surface area contributed by atoms with E-state index < -0.39 is 5.91 Å². The molecule has 5 rings (SSSR count). The molecule has 0 aliphatic carbocycles. The number of aromatic nitrogens is 1. The van der Waals surface area contributed by atoms with Crippen molar-refractivity contribution in [3.8, 4) is 27.6 Å². The van der Waals surface area contributed by atoms with Crippen LogP contribution in [0, 0.1) is 6.92 Å². The van der Waals surface area contributed by atoms with Gasteiger partial charge < -0.3 is 14.8 Å². The standard InChI is InChI=1S/C26H17Cl2N3O3S2/c1-13-10-15(12-17(23(13)32)25-30-19-4-2-3-5-22(19)36-25)29-26(35)31-24(33)21-9-8-20(34-21)16-7-6-14(27)11-18(16)28/h2-12,32H,1H3,(H2,29,31,33,35). The zero-order valence-electron chi connectivity index (χ0n) is 18.6. The van der Waals surface area contributed by atoms with E-state index in [1.807, 2.05) is 24.3 Å². The number of halogens is 2. The summed E-state index contributed by atoms with van der Waals surface area (Å²) in [6.07, 6.45) is 0. The van der Waals surface area contributed by atoms with Gasteiger partial charge in [-0.2, -0.15) is 0 Å². The topological polar surface area (TPSA) is 87.4 Å². The highest BCUT2D eigenvalue weighted by Gasteiger charge is 2.17. The number of rotatable bonds is 4. The van der Waals surface area contributed by atoms with Crippen molar-refractivity contribution >= 4 is 73.7 Å². The van der Waals surface area contributed by atoms with Crippen molar-refractivity contribution in [3.63, 3.8) is 0 Å². The number of carbonyl (C=O) groups is 1. The van der Waals surface area contributed by atoms with Gasteiger partial charge in [0, 0.05) is 16.3 Å². The Balaban J connectivity index is 1.32. The molecule has 2 aromatic heterocycles. The molecular weight excluding hydrogens is 537 g/mol. The van der Waals surface area contributed by atoms with Crippen LogP contribution in [0.15, 0.2) is 71.1 Å². The molecule has 6 nitrogen and oxygen atoms in total. The zero-order chi connectivity index (χ0) is 25.4. The quantitative estimate of drug-likeness (QED) is 0.156. The Kier molecular flexibility index (Phi) is 6.68. The van der Waals surface area contributed by atoms with Crippen molar-refractivity contribution < 1.29 is 14.3 Å². The largest absolute Gasteiger partial charge is 0.507 e. The first-order valence-electron chi connectivity index (χ1n) is 10.7. The molecule has 0 saturated heterocycles. The summed E-state index contributed by atoms with van der Waals surface area (Å²) in [6, 6.07) is 19.4. The number of phenolic OH excluding ortho intramolecular Hbond substituents is 1. The van der Waals surface area contributed by atoms with Gasteiger partial charge in [-0.05, 0) is 79.3 Å². The number of benzene rings is 3. The van der Waals surface area contributed by atoms with Gasteiger partial charge in [-0.15, -0.1) is 11.3 Å². The minimum atomic E-state index is -0.522. The van der Waals surface area contributed by atoms with Crippen LogP contribution in [0.25, 0.3) is 32.1 Å². The predicted molar refractivity (Wildman–Crippen MR) is 149 cm³/mol. The van der Waals surface area contributed by atoms with E-state index >= 15 is 0 Å². The number of anilines is 1. The molecule has 0 radical (unpaired) electrons. The van der Waals surface area contributed by atoms with Crippen LogP contribution in [0.5, 0.6) is 5.75 Å². The predicted octanol–water partition coefficient (Wildman–Crippen LogP) is 7.67. The van der Waals surface area contributed by atoms with Crippen LogP contribution < -0.4 is 10.6 Å². The third-order valence-electron chi connectivity index (χ3n) is 5.34. The number of phenols is 1. The van der Waals surface area contributed by atoms with Crippen LogP contribution in [-0.2, 0) is 0 Å². The van der Waals surface area contributed by atoms with Crippen molar-refractivity contribution in [2.24, 2.45) is 0 Å². The number of hydrogen-bond donors (Lipinski definition) is 3. The summed E-state index contributed by atoms with van der Waals surface area (Å²) in [5, 5.41) is 17.9. The Morgan fingerprint density at radius 1 is 1.06 bits per heavy atom. The van der Waals surface area contributed by atoms with E-state index in [-0.39, 0.29) is 16.6 Å². The number of aryl methyl sites for hydroxylation is 1. The maximum Gasteiger partial charge on any atom is 0.293 e. The highest BCUT2D eigenvalue weighted by atomic mass is 35.5. The normalized spacial score (nSPS) is 11.0. The molecule has 0 saturated carbocycles. The van der Waals surface area contributed by atoms with Gasteiger partial charge in [0.25, 0.3) is 5.91 Å². The molecule has 2 heterocycles. The van der Waals surface area contributed by atoms with Gasteiger partial charge in [-0.1, -0.05) is 35.3 Å². The first kappa shape index (κ1) is 24.3. The molecule has 1 amide bonds. The van der Waals surface area contributed by atoms with E-state index in [0.29, 0.717) is 43.2 Å². The smallest absolute Gasteiger partial charge is 0.293 e. The summed E-state index contributed by atoms with van der Waals surface area (Å²) in [7, 11) is 0. The van der Waals surface area contributed by atoms with Gasteiger partial charge in [0.05, 0.1) is 20.8 Å². The third-order valence-corrected chi connectivity index (χ3v) is 7.16. The summed E-state index contributed by atoms with van der Waals surface area (Å²) in [5.74, 6) is 0.108. The monoisotopic (exact) mass is 553 g/mol. The summed E-state index contributed by atoms with van der Waals surface area (Å²) in [4.78, 5) is 17.3. The fourth-order valence-corrected chi connectivity index (χ4v) is 5.32. The van der Waals surface area contributed by atoms with Crippen LogP contribution in [-0.4, -0.2) is 21.1 Å². The van der Waals surface area contributed by atoms with E-state index in [9.17, 15) is 9.90 Å². The van der Waals surface area contributed by atoms with E-state index in [1.165, 1.54) is 17.4 Å². The molecule has 5 aromatic rings. The molecule has 180 valence electrons. The zero-order valence-corrected chi connectivity index (χ0v) is 21.8. The number of carbonyl (C=O) groups excluding carboxylic acids is 1. The molecule has 0 unspecified atom stereocenters. The van der Waals surface area contributed by atoms with Crippen molar-refractivity contribution in [3.05, 3.63) is 88.1 Å². The number of amides is 1. The number of para-hydroxylation sites is 1. The first-order valence-corrected chi connectivity index (χ1v) is 12.6. The summed E-state index contributed by atoms with van der Waals surface area (Å²) < 4.78 is 6.69. The van der Waals surface area contributed by atoms with E-state index in [2.05, 4.69) is 15.6 Å². The average molecular weight is 554 g/mol. The van der Waals surface area contributed by atoms with Gasteiger partial charge in [-0.3, -0.25) is 10.1 Å². The number of thiocarbonyl (C=S) groups is 1. The minimum Gasteiger partial charge on any atom is -0.507 e. The van der Waals surface area contributed by atoms with Crippen LogP contribution in [0.4, 0.5) is 5.69 Å². The van der Waals surface area contributed by atoms with Gasteiger partial charge >= 0.3 is 0 Å². The summed E-state index contributed by atoms with van der Waals surface area (Å²) in [6.45, 7) is 1.78. The number of nitrogens with zero attached hydrogens (tertiary/aromatic N) is 1. The Morgan fingerprint density at radius 3 is 2.64 bits per heavy atom. The van der Waals surface area contributed by atoms with E-state index in [4.69, 9.17) is 39.8 Å². The summed E-state index contributed by atoms with van der Waals surface area (Å²) >= 11 is 19.0. The fourth-order valence-electron chi connectivity index (χ4n) is 3.62. The Morgan fingerprint density at radius 2 is 1.86 bits per heavy atom. The molecule has 0 atom stereocenters. The van der Waals surface area contributed by atoms with Gasteiger partial charge in [0.15, 0.2) is 10.9 Å². The number of fused-ring (bicyclic) bond motifs is 1. The molecule has 36 heavy (non-hydrogen) atoms. The van der Waals surface area contributed by atoms with Crippen molar-refractivity contribution in [1.82, 2.24) is 10.3 Å². The lowest BCUT2D eigenvalue weighted by Gasteiger charge is -2.12. The second-order valence-corrected chi connectivity index (χ2v) is 10.2. The van der Waals surface area contributed by atoms with Gasteiger partial charge in [0.1, 0.15) is 16.5 Å². The highest BCUT2D eigenvalue weighted by molar-refractivity contribution is 7.80. The Bertz CT molecular complexity index is 1610. The second-order valence-electron chi connectivity index (χ2n) is 7.87. The number of nitrogens with one attached hydrogen (secondary N) is 2. The SMILES string of the molecule is Cc1cc(NC(=S)NC(=O)c2ccc(-c3ccc(Cl)cc3Cl)o2)cc(-c2nc3ccccc3s2)c1O. The average Bonchev–Trinajstić information content (AvgIpc) is 3.49. The lowest BCUT2D eigenvalue weighted by molar-refractivity contribution is 0.0951. The Labute approximate surface area is 225 Å². The maximum absolute atomic E-state index is 12.7. The van der Waals surface area contributed by atoms with Crippen molar-refractivity contribution in [1.29, 1.82) is 0 Å². The van der Waals surface area contributed by atoms with E-state index in [0.717, 1.165) is 10.2 Å². The lowest BCUT2D eigenvalue weighted by atomic mass is 10.1. The molecule has 0 fully saturated rings. The summed E-state index contributed by atoms with van der Waals surface area (Å²) in [5.41, 5.74) is 3.27. The van der Waals surface area contributed by atoms with Crippen LogP contribution in [0.3, 0.4) is 0 Å². The lowest BCUT2D eigenvalue weighted by Crippen LogP contribution is -2.33. The van der Waals surface area contributed by atoms with Crippen LogP contribution >= 0.6 is 46.8 Å².